The van der Waals surface area contributed by atoms with Crippen LogP contribution in [0, 0.1) is 0 Å². The van der Waals surface area contributed by atoms with Crippen molar-refractivity contribution in [2.75, 3.05) is 20.3 Å². The average molecular weight is 265 g/mol. The first-order valence-electron chi connectivity index (χ1n) is 6.81. The number of benzene rings is 1. The molecule has 0 amide bonds. The van der Waals surface area contributed by atoms with Crippen LogP contribution in [0.4, 0.5) is 0 Å². The molecule has 1 aromatic rings. The molecule has 1 heterocycles. The highest BCUT2D eigenvalue weighted by Gasteiger charge is 2.31. The Hall–Kier alpha value is -1.26. The molecule has 0 spiro atoms. The molecule has 2 rings (SSSR count). The lowest BCUT2D eigenvalue weighted by Gasteiger charge is -2.33. The molecule has 2 N–H and O–H groups in total. The molecule has 0 fully saturated rings. The van der Waals surface area contributed by atoms with Crippen molar-refractivity contribution in [3.8, 4) is 11.5 Å². The first kappa shape index (κ1) is 14.2. The van der Waals surface area contributed by atoms with Gasteiger partial charge in [0.15, 0.2) is 11.5 Å². The number of hydrogen-bond acceptors (Lipinski definition) is 4. The lowest BCUT2D eigenvalue weighted by atomic mass is 9.88. The summed E-state index contributed by atoms with van der Waals surface area (Å²) in [6.45, 7) is 5.48. The van der Waals surface area contributed by atoms with Crippen LogP contribution in [-0.4, -0.2) is 25.9 Å². The highest BCUT2D eigenvalue weighted by atomic mass is 16.5. The molecule has 0 aromatic heterocycles. The van der Waals surface area contributed by atoms with E-state index in [1.807, 2.05) is 25.1 Å². The normalized spacial score (nSPS) is 19.4. The zero-order valence-electron chi connectivity index (χ0n) is 11.9. The molecule has 0 saturated carbocycles. The maximum absolute atomic E-state index is 6.35. The Balaban J connectivity index is 2.28. The summed E-state index contributed by atoms with van der Waals surface area (Å²) in [6.07, 6.45) is 1.75. The van der Waals surface area contributed by atoms with E-state index >= 15 is 0 Å². The minimum Gasteiger partial charge on any atom is -0.490 e. The molecule has 2 atom stereocenters. The van der Waals surface area contributed by atoms with Gasteiger partial charge < -0.3 is 19.9 Å². The number of ether oxygens (including phenoxy) is 3. The van der Waals surface area contributed by atoms with Gasteiger partial charge in [0.1, 0.15) is 0 Å². The van der Waals surface area contributed by atoms with E-state index in [-0.39, 0.29) is 11.6 Å². The third-order valence-electron chi connectivity index (χ3n) is 3.96. The molecule has 0 bridgehead atoms. The molecule has 106 valence electrons. The van der Waals surface area contributed by atoms with Crippen molar-refractivity contribution in [1.82, 2.24) is 0 Å². The Bertz CT molecular complexity index is 429. The third kappa shape index (κ3) is 2.85. The zero-order chi connectivity index (χ0) is 13.9. The van der Waals surface area contributed by atoms with E-state index in [9.17, 15) is 0 Å². The number of rotatable bonds is 4. The summed E-state index contributed by atoms with van der Waals surface area (Å²) in [7, 11) is 1.70. The first-order valence-corrected chi connectivity index (χ1v) is 6.81. The van der Waals surface area contributed by atoms with Gasteiger partial charge in [0.25, 0.3) is 0 Å². The van der Waals surface area contributed by atoms with E-state index in [0.29, 0.717) is 13.2 Å². The van der Waals surface area contributed by atoms with Crippen molar-refractivity contribution in [2.24, 2.45) is 5.73 Å². The fourth-order valence-corrected chi connectivity index (χ4v) is 2.22. The van der Waals surface area contributed by atoms with Gasteiger partial charge in [0.05, 0.1) is 24.9 Å². The van der Waals surface area contributed by atoms with Crippen molar-refractivity contribution in [1.29, 1.82) is 0 Å². The van der Waals surface area contributed by atoms with E-state index in [4.69, 9.17) is 19.9 Å². The van der Waals surface area contributed by atoms with Gasteiger partial charge in [0.2, 0.25) is 0 Å². The summed E-state index contributed by atoms with van der Waals surface area (Å²) in [6, 6.07) is 5.70. The van der Waals surface area contributed by atoms with Gasteiger partial charge in [-0.1, -0.05) is 13.0 Å². The van der Waals surface area contributed by atoms with Gasteiger partial charge in [-0.05, 0) is 31.0 Å². The van der Waals surface area contributed by atoms with E-state index in [1.54, 1.807) is 7.11 Å². The van der Waals surface area contributed by atoms with Crippen LogP contribution < -0.4 is 15.2 Å². The second-order valence-corrected chi connectivity index (χ2v) is 5.10. The fraction of sp³-hybridized carbons (Fsp3) is 0.600. The highest BCUT2D eigenvalue weighted by Crippen LogP contribution is 2.36. The van der Waals surface area contributed by atoms with Crippen LogP contribution in [0.2, 0.25) is 0 Å². The van der Waals surface area contributed by atoms with Gasteiger partial charge in [0, 0.05) is 13.5 Å². The van der Waals surface area contributed by atoms with Gasteiger partial charge >= 0.3 is 0 Å². The van der Waals surface area contributed by atoms with Crippen molar-refractivity contribution < 1.29 is 14.2 Å². The predicted octanol–water partition coefficient (Wildman–Crippen LogP) is 2.66. The Morgan fingerprint density at radius 1 is 1.32 bits per heavy atom. The lowest BCUT2D eigenvalue weighted by Crippen LogP contribution is -2.39. The minimum absolute atomic E-state index is 0.195. The Labute approximate surface area is 114 Å². The lowest BCUT2D eigenvalue weighted by molar-refractivity contribution is -0.0195. The summed E-state index contributed by atoms with van der Waals surface area (Å²) in [5.74, 6) is 1.57. The summed E-state index contributed by atoms with van der Waals surface area (Å²) in [5, 5.41) is 0. The van der Waals surface area contributed by atoms with E-state index in [2.05, 4.69) is 6.92 Å². The first-order chi connectivity index (χ1) is 9.10. The summed E-state index contributed by atoms with van der Waals surface area (Å²) in [4.78, 5) is 0. The number of methoxy groups -OCH3 is 1. The maximum atomic E-state index is 6.35. The molecule has 1 aliphatic rings. The van der Waals surface area contributed by atoms with Gasteiger partial charge in [-0.3, -0.25) is 0 Å². The molecule has 19 heavy (non-hydrogen) atoms. The van der Waals surface area contributed by atoms with E-state index in [0.717, 1.165) is 29.9 Å². The molecule has 0 saturated heterocycles. The van der Waals surface area contributed by atoms with Crippen LogP contribution in [-0.2, 0) is 4.74 Å². The standard InChI is InChI=1S/C15H23NO3/c1-4-15(2,17-3)14(16)11-6-7-12-13(10-11)19-9-5-8-18-12/h6-7,10,14H,4-5,8-9,16H2,1-3H3. The molecule has 0 aliphatic carbocycles. The molecule has 4 nitrogen and oxygen atoms in total. The highest BCUT2D eigenvalue weighted by molar-refractivity contribution is 5.44. The molecular weight excluding hydrogens is 242 g/mol. The number of hydrogen-bond donors (Lipinski definition) is 1. The van der Waals surface area contributed by atoms with Gasteiger partial charge in [-0.25, -0.2) is 0 Å². The van der Waals surface area contributed by atoms with Crippen molar-refractivity contribution in [2.45, 2.75) is 38.3 Å². The molecular formula is C15H23NO3. The van der Waals surface area contributed by atoms with Crippen molar-refractivity contribution in [3.63, 3.8) is 0 Å². The van der Waals surface area contributed by atoms with Crippen LogP contribution in [0.1, 0.15) is 38.3 Å². The fourth-order valence-electron chi connectivity index (χ4n) is 2.22. The van der Waals surface area contributed by atoms with Crippen molar-refractivity contribution in [3.05, 3.63) is 23.8 Å². The second kappa shape index (κ2) is 5.80. The summed E-state index contributed by atoms with van der Waals surface area (Å²) < 4.78 is 16.9. The van der Waals surface area contributed by atoms with Crippen LogP contribution in [0.15, 0.2) is 18.2 Å². The van der Waals surface area contributed by atoms with E-state index in [1.165, 1.54) is 0 Å². The monoisotopic (exact) mass is 265 g/mol. The molecule has 2 unspecified atom stereocenters. The Morgan fingerprint density at radius 2 is 2.00 bits per heavy atom. The molecule has 4 heteroatoms. The maximum Gasteiger partial charge on any atom is 0.161 e. The smallest absolute Gasteiger partial charge is 0.161 e. The average Bonchev–Trinajstić information content (AvgIpc) is 2.70. The molecule has 1 aliphatic heterocycles. The van der Waals surface area contributed by atoms with Crippen LogP contribution in [0.25, 0.3) is 0 Å². The Kier molecular flexibility index (Phi) is 4.32. The second-order valence-electron chi connectivity index (χ2n) is 5.10. The van der Waals surface area contributed by atoms with Gasteiger partial charge in [-0.15, -0.1) is 0 Å². The van der Waals surface area contributed by atoms with Crippen LogP contribution in [0.3, 0.4) is 0 Å². The largest absolute Gasteiger partial charge is 0.490 e. The minimum atomic E-state index is -0.375. The summed E-state index contributed by atoms with van der Waals surface area (Å²) in [5.41, 5.74) is 6.98. The van der Waals surface area contributed by atoms with Crippen molar-refractivity contribution >= 4 is 0 Å². The number of nitrogens with two attached hydrogens (primary N) is 1. The molecule has 1 aromatic carbocycles. The zero-order valence-corrected chi connectivity index (χ0v) is 11.9. The van der Waals surface area contributed by atoms with E-state index < -0.39 is 0 Å². The quantitative estimate of drug-likeness (QED) is 0.909. The predicted molar refractivity (Wildman–Crippen MR) is 74.7 cm³/mol. The third-order valence-corrected chi connectivity index (χ3v) is 3.96. The van der Waals surface area contributed by atoms with Crippen LogP contribution in [0.5, 0.6) is 11.5 Å². The molecule has 0 radical (unpaired) electrons. The van der Waals surface area contributed by atoms with Crippen LogP contribution >= 0.6 is 0 Å². The topological polar surface area (TPSA) is 53.7 Å². The van der Waals surface area contributed by atoms with Gasteiger partial charge in [-0.2, -0.15) is 0 Å². The summed E-state index contributed by atoms with van der Waals surface area (Å²) >= 11 is 0. The SMILES string of the molecule is CCC(C)(OC)C(N)c1ccc2c(c1)OCCCO2. The number of fused-ring (bicyclic) bond motifs is 1. The Morgan fingerprint density at radius 3 is 2.63 bits per heavy atom.